The fourth-order valence-corrected chi connectivity index (χ4v) is 3.86. The van der Waals surface area contributed by atoms with Gasteiger partial charge in [0.1, 0.15) is 11.6 Å². The van der Waals surface area contributed by atoms with E-state index in [0.29, 0.717) is 24.9 Å². The predicted molar refractivity (Wildman–Crippen MR) is 86.1 cm³/mol. The first-order valence-electron chi connectivity index (χ1n) is 8.18. The van der Waals surface area contributed by atoms with Gasteiger partial charge in [0, 0.05) is 25.6 Å². The van der Waals surface area contributed by atoms with Crippen molar-refractivity contribution in [1.29, 1.82) is 0 Å². The van der Waals surface area contributed by atoms with Crippen LogP contribution in [0.3, 0.4) is 0 Å². The summed E-state index contributed by atoms with van der Waals surface area (Å²) < 4.78 is 5.30. The predicted octanol–water partition coefficient (Wildman–Crippen LogP) is 1.49. The summed E-state index contributed by atoms with van der Waals surface area (Å²) in [4.78, 5) is 26.1. The van der Waals surface area contributed by atoms with Crippen LogP contribution < -0.4 is 10.2 Å². The van der Waals surface area contributed by atoms with Crippen molar-refractivity contribution in [1.82, 2.24) is 15.5 Å². The lowest BCUT2D eigenvalue weighted by Crippen LogP contribution is -2.38. The van der Waals surface area contributed by atoms with Crippen molar-refractivity contribution < 1.29 is 14.3 Å². The molecule has 2 aliphatic rings. The number of nitrogens with zero attached hydrogens (tertiary/aromatic N) is 3. The minimum Gasteiger partial charge on any atom is -0.374 e. The van der Waals surface area contributed by atoms with Crippen LogP contribution in [0.5, 0.6) is 0 Å². The van der Waals surface area contributed by atoms with Crippen LogP contribution in [0.4, 0.5) is 5.13 Å². The van der Waals surface area contributed by atoms with E-state index in [1.807, 2.05) is 6.92 Å². The molecule has 1 aliphatic carbocycles. The van der Waals surface area contributed by atoms with E-state index in [0.717, 1.165) is 17.8 Å². The number of nitrogens with one attached hydrogen (secondary N) is 1. The highest BCUT2D eigenvalue weighted by atomic mass is 32.1. The highest BCUT2D eigenvalue weighted by Gasteiger charge is 2.37. The maximum Gasteiger partial charge on any atom is 0.229 e. The SMILES string of the molecule is CCOCc1nnc(N2CC(C(=O)NC3CCCC3)CC2=O)s1. The Morgan fingerprint density at radius 3 is 2.91 bits per heavy atom. The third kappa shape index (κ3) is 3.87. The second-order valence-electron chi connectivity index (χ2n) is 6.01. The molecule has 1 saturated carbocycles. The van der Waals surface area contributed by atoms with Crippen LogP contribution in [-0.2, 0) is 20.9 Å². The summed E-state index contributed by atoms with van der Waals surface area (Å²) in [5, 5.41) is 12.5. The minimum absolute atomic E-state index is 0.00759. The van der Waals surface area contributed by atoms with Gasteiger partial charge in [0.25, 0.3) is 0 Å². The molecule has 1 saturated heterocycles. The highest BCUT2D eigenvalue weighted by molar-refractivity contribution is 7.15. The average molecular weight is 338 g/mol. The highest BCUT2D eigenvalue weighted by Crippen LogP contribution is 2.28. The summed E-state index contributed by atoms with van der Waals surface area (Å²) in [6, 6.07) is 0.283. The lowest BCUT2D eigenvalue weighted by molar-refractivity contribution is -0.126. The van der Waals surface area contributed by atoms with Crippen LogP contribution in [0.1, 0.15) is 44.0 Å². The minimum atomic E-state index is -0.289. The van der Waals surface area contributed by atoms with Gasteiger partial charge in [-0.2, -0.15) is 0 Å². The van der Waals surface area contributed by atoms with Gasteiger partial charge in [-0.3, -0.25) is 14.5 Å². The normalized spacial score (nSPS) is 22.0. The van der Waals surface area contributed by atoms with Crippen molar-refractivity contribution in [2.24, 2.45) is 5.92 Å². The van der Waals surface area contributed by atoms with Crippen LogP contribution in [0.25, 0.3) is 0 Å². The molecule has 2 heterocycles. The Balaban J connectivity index is 1.58. The summed E-state index contributed by atoms with van der Waals surface area (Å²) in [5.41, 5.74) is 0. The van der Waals surface area contributed by atoms with Crippen molar-refractivity contribution in [3.63, 3.8) is 0 Å². The zero-order valence-corrected chi connectivity index (χ0v) is 14.1. The molecule has 0 aromatic carbocycles. The van der Waals surface area contributed by atoms with E-state index in [-0.39, 0.29) is 30.2 Å². The van der Waals surface area contributed by atoms with Gasteiger partial charge in [0.2, 0.25) is 16.9 Å². The van der Waals surface area contributed by atoms with Gasteiger partial charge >= 0.3 is 0 Å². The van der Waals surface area contributed by atoms with Crippen LogP contribution >= 0.6 is 11.3 Å². The van der Waals surface area contributed by atoms with Crippen LogP contribution in [0.2, 0.25) is 0 Å². The van der Waals surface area contributed by atoms with E-state index < -0.39 is 0 Å². The Kier molecular flexibility index (Phi) is 5.22. The Morgan fingerprint density at radius 1 is 1.39 bits per heavy atom. The summed E-state index contributed by atoms with van der Waals surface area (Å²) in [7, 11) is 0. The second-order valence-corrected chi connectivity index (χ2v) is 7.05. The molecule has 1 atom stereocenters. The van der Waals surface area contributed by atoms with Crippen LogP contribution in [-0.4, -0.2) is 41.2 Å². The zero-order chi connectivity index (χ0) is 16.2. The van der Waals surface area contributed by atoms with E-state index in [2.05, 4.69) is 15.5 Å². The quantitative estimate of drug-likeness (QED) is 0.849. The fourth-order valence-electron chi connectivity index (χ4n) is 3.06. The molecule has 1 aliphatic heterocycles. The molecule has 2 fully saturated rings. The first kappa shape index (κ1) is 16.3. The molecule has 0 radical (unpaired) electrons. The van der Waals surface area contributed by atoms with Gasteiger partial charge in [0.05, 0.1) is 5.92 Å². The largest absolute Gasteiger partial charge is 0.374 e. The Labute approximate surface area is 139 Å². The molecule has 1 aromatic rings. The van der Waals surface area contributed by atoms with Crippen molar-refractivity contribution in [3.8, 4) is 0 Å². The van der Waals surface area contributed by atoms with Gasteiger partial charge in [-0.25, -0.2) is 0 Å². The van der Waals surface area contributed by atoms with Crippen molar-refractivity contribution in [2.45, 2.75) is 51.7 Å². The van der Waals surface area contributed by atoms with Crippen molar-refractivity contribution in [3.05, 3.63) is 5.01 Å². The van der Waals surface area contributed by atoms with Gasteiger partial charge in [-0.1, -0.05) is 24.2 Å². The topological polar surface area (TPSA) is 84.4 Å². The van der Waals surface area contributed by atoms with E-state index >= 15 is 0 Å². The molecule has 126 valence electrons. The molecule has 7 nitrogen and oxygen atoms in total. The molecule has 3 rings (SSSR count). The van der Waals surface area contributed by atoms with E-state index in [1.165, 1.54) is 24.2 Å². The summed E-state index contributed by atoms with van der Waals surface area (Å²) in [5.74, 6) is -0.357. The molecule has 0 spiro atoms. The van der Waals surface area contributed by atoms with Gasteiger partial charge in [-0.15, -0.1) is 10.2 Å². The molecular formula is C15H22N4O3S. The van der Waals surface area contributed by atoms with Gasteiger partial charge < -0.3 is 10.1 Å². The third-order valence-corrected chi connectivity index (χ3v) is 5.23. The van der Waals surface area contributed by atoms with E-state index in [1.54, 1.807) is 4.90 Å². The van der Waals surface area contributed by atoms with Gasteiger partial charge in [0.15, 0.2) is 0 Å². The monoisotopic (exact) mass is 338 g/mol. The molecule has 8 heteroatoms. The Morgan fingerprint density at radius 2 is 2.17 bits per heavy atom. The van der Waals surface area contributed by atoms with Gasteiger partial charge in [-0.05, 0) is 19.8 Å². The third-order valence-electron chi connectivity index (χ3n) is 4.31. The number of rotatable bonds is 6. The van der Waals surface area contributed by atoms with Crippen LogP contribution in [0.15, 0.2) is 0 Å². The number of hydrogen-bond acceptors (Lipinski definition) is 6. The molecule has 0 bridgehead atoms. The molecule has 2 amide bonds. The smallest absolute Gasteiger partial charge is 0.229 e. The van der Waals surface area contributed by atoms with E-state index in [4.69, 9.17) is 4.74 Å². The lowest BCUT2D eigenvalue weighted by atomic mass is 10.1. The van der Waals surface area contributed by atoms with Crippen LogP contribution in [0, 0.1) is 5.92 Å². The van der Waals surface area contributed by atoms with Crippen molar-refractivity contribution in [2.75, 3.05) is 18.1 Å². The lowest BCUT2D eigenvalue weighted by Gasteiger charge is -2.16. The molecule has 1 aromatic heterocycles. The zero-order valence-electron chi connectivity index (χ0n) is 13.3. The Hall–Kier alpha value is -1.54. The first-order valence-corrected chi connectivity index (χ1v) is 9.00. The number of carbonyl (C=O) groups excluding carboxylic acids is 2. The fraction of sp³-hybridized carbons (Fsp3) is 0.733. The Bertz CT molecular complexity index is 571. The van der Waals surface area contributed by atoms with Crippen molar-refractivity contribution >= 4 is 28.3 Å². The van der Waals surface area contributed by atoms with E-state index in [9.17, 15) is 9.59 Å². The maximum absolute atomic E-state index is 12.3. The summed E-state index contributed by atoms with van der Waals surface area (Å²) in [6.45, 7) is 3.32. The second kappa shape index (κ2) is 7.35. The molecule has 23 heavy (non-hydrogen) atoms. The standard InChI is InChI=1S/C15H22N4O3S/c1-2-22-9-12-17-18-15(23-12)19-8-10(7-13(19)20)14(21)16-11-5-3-4-6-11/h10-11H,2-9H2,1H3,(H,16,21). The maximum atomic E-state index is 12.3. The number of anilines is 1. The summed E-state index contributed by atoms with van der Waals surface area (Å²) >= 11 is 1.35. The number of aromatic nitrogens is 2. The number of hydrogen-bond donors (Lipinski definition) is 1. The molecule has 1 unspecified atom stereocenters. The number of ether oxygens (including phenoxy) is 1. The summed E-state index contributed by atoms with van der Waals surface area (Å²) in [6.07, 6.45) is 4.70. The number of carbonyl (C=O) groups is 2. The first-order chi connectivity index (χ1) is 11.2. The average Bonchev–Trinajstić information content (AvgIpc) is 3.25. The molecular weight excluding hydrogens is 316 g/mol. The molecule has 1 N–H and O–H groups in total. The number of amides is 2.